The third kappa shape index (κ3) is 2.71. The van der Waals surface area contributed by atoms with Gasteiger partial charge in [-0.3, -0.25) is 9.69 Å². The summed E-state index contributed by atoms with van der Waals surface area (Å²) in [5, 5.41) is 9.04. The highest BCUT2D eigenvalue weighted by Gasteiger charge is 2.42. The Bertz CT molecular complexity index is 226. The van der Waals surface area contributed by atoms with Gasteiger partial charge in [0.15, 0.2) is 0 Å². The summed E-state index contributed by atoms with van der Waals surface area (Å²) >= 11 is 0. The van der Waals surface area contributed by atoms with Gasteiger partial charge in [0.2, 0.25) is 0 Å². The fraction of sp³-hybridized carbons (Fsp3) is 0.917. The van der Waals surface area contributed by atoms with Crippen LogP contribution >= 0.6 is 0 Å². The van der Waals surface area contributed by atoms with Crippen LogP contribution in [0, 0.1) is 5.92 Å². The molecule has 15 heavy (non-hydrogen) atoms. The van der Waals surface area contributed by atoms with Gasteiger partial charge in [-0.15, -0.1) is 0 Å². The summed E-state index contributed by atoms with van der Waals surface area (Å²) in [6, 6.07) is 0. The van der Waals surface area contributed by atoms with E-state index in [1.807, 2.05) is 0 Å². The highest BCUT2D eigenvalue weighted by molar-refractivity contribution is 5.68. The van der Waals surface area contributed by atoms with E-state index in [2.05, 4.69) is 25.7 Å². The molecule has 0 aromatic carbocycles. The molecule has 88 valence electrons. The second-order valence-electron chi connectivity index (χ2n) is 4.82. The molecule has 0 heterocycles. The van der Waals surface area contributed by atoms with E-state index in [-0.39, 0.29) is 5.54 Å². The van der Waals surface area contributed by atoms with Gasteiger partial charge in [-0.05, 0) is 38.3 Å². The van der Waals surface area contributed by atoms with Gasteiger partial charge >= 0.3 is 5.97 Å². The third-order valence-electron chi connectivity index (χ3n) is 3.75. The molecule has 0 aromatic heterocycles. The van der Waals surface area contributed by atoms with Crippen molar-refractivity contribution in [3.05, 3.63) is 0 Å². The molecule has 0 bridgehead atoms. The maximum atomic E-state index is 11.0. The molecule has 2 unspecified atom stereocenters. The van der Waals surface area contributed by atoms with Crippen molar-refractivity contribution in [1.29, 1.82) is 0 Å². The third-order valence-corrected chi connectivity index (χ3v) is 3.75. The molecule has 3 heteroatoms. The summed E-state index contributed by atoms with van der Waals surface area (Å²) in [7, 11) is 0. The van der Waals surface area contributed by atoms with E-state index in [1.54, 1.807) is 0 Å². The van der Waals surface area contributed by atoms with Gasteiger partial charge in [0.25, 0.3) is 0 Å². The topological polar surface area (TPSA) is 40.5 Å². The zero-order valence-electron chi connectivity index (χ0n) is 10.1. The van der Waals surface area contributed by atoms with Crippen LogP contribution < -0.4 is 0 Å². The Balaban J connectivity index is 2.80. The monoisotopic (exact) mass is 213 g/mol. The summed E-state index contributed by atoms with van der Waals surface area (Å²) in [6.45, 7) is 8.38. The van der Waals surface area contributed by atoms with Gasteiger partial charge < -0.3 is 5.11 Å². The minimum Gasteiger partial charge on any atom is -0.481 e. The normalized spacial score (nSPS) is 31.1. The van der Waals surface area contributed by atoms with Gasteiger partial charge in [0.05, 0.1) is 6.42 Å². The number of hydrogen-bond acceptors (Lipinski definition) is 2. The van der Waals surface area contributed by atoms with Crippen LogP contribution in [0.3, 0.4) is 0 Å². The maximum Gasteiger partial charge on any atom is 0.305 e. The molecular weight excluding hydrogens is 190 g/mol. The smallest absolute Gasteiger partial charge is 0.305 e. The number of carboxylic acid groups (broad SMARTS) is 1. The second kappa shape index (κ2) is 4.97. The predicted molar refractivity (Wildman–Crippen MR) is 60.9 cm³/mol. The fourth-order valence-electron chi connectivity index (χ4n) is 3.10. The number of aliphatic carboxylic acids is 1. The average molecular weight is 213 g/mol. The first-order valence-corrected chi connectivity index (χ1v) is 6.01. The van der Waals surface area contributed by atoms with E-state index in [4.69, 9.17) is 5.11 Å². The second-order valence-corrected chi connectivity index (χ2v) is 4.82. The van der Waals surface area contributed by atoms with Crippen molar-refractivity contribution in [3.63, 3.8) is 0 Å². The lowest BCUT2D eigenvalue weighted by Gasteiger charge is -2.39. The Morgan fingerprint density at radius 3 is 2.40 bits per heavy atom. The van der Waals surface area contributed by atoms with Gasteiger partial charge in [-0.2, -0.15) is 0 Å². The van der Waals surface area contributed by atoms with Gasteiger partial charge in [-0.1, -0.05) is 20.8 Å². The van der Waals surface area contributed by atoms with E-state index in [9.17, 15) is 4.79 Å². The molecule has 0 aliphatic heterocycles. The van der Waals surface area contributed by atoms with Crippen LogP contribution in [0.25, 0.3) is 0 Å². The molecule has 1 rings (SSSR count). The minimum absolute atomic E-state index is 0.0608. The van der Waals surface area contributed by atoms with Crippen LogP contribution in [0.5, 0.6) is 0 Å². The van der Waals surface area contributed by atoms with E-state index < -0.39 is 5.97 Å². The van der Waals surface area contributed by atoms with Crippen LogP contribution in [0.4, 0.5) is 0 Å². The Hall–Kier alpha value is -0.570. The molecular formula is C12H23NO2. The van der Waals surface area contributed by atoms with Crippen LogP contribution in [-0.2, 0) is 4.79 Å². The van der Waals surface area contributed by atoms with Crippen molar-refractivity contribution >= 4 is 5.97 Å². The zero-order valence-corrected chi connectivity index (χ0v) is 10.1. The minimum atomic E-state index is -0.656. The summed E-state index contributed by atoms with van der Waals surface area (Å²) in [5.74, 6) is 0.0148. The van der Waals surface area contributed by atoms with Crippen molar-refractivity contribution in [1.82, 2.24) is 4.90 Å². The lowest BCUT2D eigenvalue weighted by Crippen LogP contribution is -2.48. The molecule has 2 atom stereocenters. The highest BCUT2D eigenvalue weighted by Crippen LogP contribution is 2.41. The molecule has 0 amide bonds. The lowest BCUT2D eigenvalue weighted by atomic mass is 9.89. The van der Waals surface area contributed by atoms with E-state index in [0.29, 0.717) is 12.3 Å². The summed E-state index contributed by atoms with van der Waals surface area (Å²) < 4.78 is 0. The SMILES string of the molecule is CCN(CC)C1(CC(=O)O)CCC(C)C1. The van der Waals surface area contributed by atoms with E-state index in [0.717, 1.165) is 25.9 Å². The van der Waals surface area contributed by atoms with Crippen molar-refractivity contribution in [2.24, 2.45) is 5.92 Å². The van der Waals surface area contributed by atoms with Crippen LogP contribution in [0.1, 0.15) is 46.5 Å². The molecule has 0 radical (unpaired) electrons. The number of hydrogen-bond donors (Lipinski definition) is 1. The molecule has 0 saturated heterocycles. The maximum absolute atomic E-state index is 11.0. The van der Waals surface area contributed by atoms with Crippen molar-refractivity contribution in [2.45, 2.75) is 52.0 Å². The first kappa shape index (κ1) is 12.5. The Kier molecular flexibility index (Phi) is 4.14. The molecule has 1 fully saturated rings. The quantitative estimate of drug-likeness (QED) is 0.762. The van der Waals surface area contributed by atoms with Crippen molar-refractivity contribution < 1.29 is 9.90 Å². The Morgan fingerprint density at radius 2 is 2.07 bits per heavy atom. The predicted octanol–water partition coefficient (Wildman–Crippen LogP) is 2.36. The van der Waals surface area contributed by atoms with Crippen LogP contribution in [0.2, 0.25) is 0 Å². The van der Waals surface area contributed by atoms with Crippen LogP contribution in [0.15, 0.2) is 0 Å². The summed E-state index contributed by atoms with van der Waals surface area (Å²) in [4.78, 5) is 13.3. The molecule has 1 aliphatic carbocycles. The van der Waals surface area contributed by atoms with E-state index >= 15 is 0 Å². The van der Waals surface area contributed by atoms with Gasteiger partial charge in [0, 0.05) is 5.54 Å². The van der Waals surface area contributed by atoms with Gasteiger partial charge in [-0.25, -0.2) is 0 Å². The van der Waals surface area contributed by atoms with Gasteiger partial charge in [0.1, 0.15) is 0 Å². The highest BCUT2D eigenvalue weighted by atomic mass is 16.4. The molecule has 0 spiro atoms. The number of carbonyl (C=O) groups is 1. The fourth-order valence-corrected chi connectivity index (χ4v) is 3.10. The number of nitrogens with zero attached hydrogens (tertiary/aromatic N) is 1. The first-order valence-electron chi connectivity index (χ1n) is 6.01. The first-order chi connectivity index (χ1) is 7.04. The van der Waals surface area contributed by atoms with E-state index in [1.165, 1.54) is 6.42 Å². The van der Waals surface area contributed by atoms with Crippen molar-refractivity contribution in [3.8, 4) is 0 Å². The summed E-state index contributed by atoms with van der Waals surface area (Å²) in [6.07, 6.45) is 3.56. The average Bonchev–Trinajstić information content (AvgIpc) is 2.49. The largest absolute Gasteiger partial charge is 0.481 e. The number of rotatable bonds is 5. The zero-order chi connectivity index (χ0) is 11.5. The molecule has 1 aliphatic rings. The Morgan fingerprint density at radius 1 is 1.47 bits per heavy atom. The lowest BCUT2D eigenvalue weighted by molar-refractivity contribution is -0.140. The van der Waals surface area contributed by atoms with Crippen LogP contribution in [-0.4, -0.2) is 34.6 Å². The summed E-state index contributed by atoms with van der Waals surface area (Å²) in [5.41, 5.74) is -0.0608. The standard InChI is InChI=1S/C12H23NO2/c1-4-13(5-2)12(9-11(14)15)7-6-10(3)8-12/h10H,4-9H2,1-3H3,(H,14,15). The Labute approximate surface area is 92.5 Å². The molecule has 3 nitrogen and oxygen atoms in total. The molecule has 0 aromatic rings. The molecule has 1 saturated carbocycles. The number of carboxylic acids is 1. The molecule has 1 N–H and O–H groups in total. The van der Waals surface area contributed by atoms with Crippen molar-refractivity contribution in [2.75, 3.05) is 13.1 Å².